The van der Waals surface area contributed by atoms with Gasteiger partial charge in [-0.2, -0.15) is 4.99 Å². The SMILES string of the molecule is C=CCn1c(=NC(=O)c2cccc(OCCCCC)c2)sc2cc(F)cc(F)c21. The van der Waals surface area contributed by atoms with Crippen molar-refractivity contribution in [3.05, 3.63) is 71.1 Å². The summed E-state index contributed by atoms with van der Waals surface area (Å²) in [5, 5.41) is 0. The molecule has 1 aromatic heterocycles. The van der Waals surface area contributed by atoms with Crippen molar-refractivity contribution in [2.24, 2.45) is 4.99 Å². The molecular weight excluding hydrogens is 394 g/mol. The van der Waals surface area contributed by atoms with Crippen LogP contribution >= 0.6 is 11.3 Å². The van der Waals surface area contributed by atoms with Crippen molar-refractivity contribution >= 4 is 27.5 Å². The molecule has 2 aromatic carbocycles. The third-order valence-electron chi connectivity index (χ3n) is 4.30. The van der Waals surface area contributed by atoms with Crippen molar-refractivity contribution in [1.29, 1.82) is 0 Å². The lowest BCUT2D eigenvalue weighted by atomic mass is 10.2. The summed E-state index contributed by atoms with van der Waals surface area (Å²) in [4.78, 5) is 17.1. The molecule has 0 atom stereocenters. The summed E-state index contributed by atoms with van der Waals surface area (Å²) >= 11 is 1.06. The molecule has 0 unspecified atom stereocenters. The molecule has 0 fully saturated rings. The molecule has 0 aliphatic heterocycles. The first-order chi connectivity index (χ1) is 14.0. The fourth-order valence-electron chi connectivity index (χ4n) is 2.93. The van der Waals surface area contributed by atoms with Gasteiger partial charge in [-0.05, 0) is 30.7 Å². The molecule has 0 aliphatic carbocycles. The van der Waals surface area contributed by atoms with Gasteiger partial charge in [0.05, 0.1) is 16.8 Å². The van der Waals surface area contributed by atoms with E-state index in [0.29, 0.717) is 22.6 Å². The van der Waals surface area contributed by atoms with E-state index in [9.17, 15) is 13.6 Å². The van der Waals surface area contributed by atoms with E-state index in [4.69, 9.17) is 4.74 Å². The van der Waals surface area contributed by atoms with Gasteiger partial charge in [-0.3, -0.25) is 4.79 Å². The molecule has 4 nitrogen and oxygen atoms in total. The molecule has 3 aromatic rings. The molecular formula is C22H22F2N2O2S. The Bertz CT molecular complexity index is 1100. The zero-order valence-corrected chi connectivity index (χ0v) is 17.0. The second-order valence-electron chi connectivity index (χ2n) is 6.52. The van der Waals surface area contributed by atoms with E-state index in [1.165, 1.54) is 10.6 Å². The molecule has 7 heteroatoms. The second kappa shape index (κ2) is 9.60. The molecule has 0 aliphatic rings. The van der Waals surface area contributed by atoms with Crippen LogP contribution in [0.15, 0.2) is 54.0 Å². The molecule has 0 saturated carbocycles. The zero-order valence-electron chi connectivity index (χ0n) is 16.2. The van der Waals surface area contributed by atoms with Crippen molar-refractivity contribution in [1.82, 2.24) is 4.57 Å². The Kier molecular flexibility index (Phi) is 6.93. The van der Waals surface area contributed by atoms with Gasteiger partial charge in [-0.15, -0.1) is 6.58 Å². The lowest BCUT2D eigenvalue weighted by Gasteiger charge is -2.06. The molecule has 29 heavy (non-hydrogen) atoms. The van der Waals surface area contributed by atoms with Crippen LogP contribution in [0.3, 0.4) is 0 Å². The van der Waals surface area contributed by atoms with Crippen molar-refractivity contribution in [2.75, 3.05) is 6.61 Å². The topological polar surface area (TPSA) is 43.6 Å². The molecule has 1 heterocycles. The number of hydrogen-bond donors (Lipinski definition) is 0. The first-order valence-corrected chi connectivity index (χ1v) is 10.3. The maximum Gasteiger partial charge on any atom is 0.279 e. The first kappa shape index (κ1) is 20.9. The number of allylic oxidation sites excluding steroid dienone is 1. The van der Waals surface area contributed by atoms with Gasteiger partial charge >= 0.3 is 0 Å². The Morgan fingerprint density at radius 1 is 1.28 bits per heavy atom. The van der Waals surface area contributed by atoms with Crippen molar-refractivity contribution in [2.45, 2.75) is 32.7 Å². The number of hydrogen-bond acceptors (Lipinski definition) is 3. The van der Waals surface area contributed by atoms with Gasteiger partial charge in [0.25, 0.3) is 5.91 Å². The van der Waals surface area contributed by atoms with E-state index in [2.05, 4.69) is 18.5 Å². The van der Waals surface area contributed by atoms with Gasteiger partial charge in [-0.1, -0.05) is 43.2 Å². The largest absolute Gasteiger partial charge is 0.494 e. The van der Waals surface area contributed by atoms with E-state index in [1.54, 1.807) is 30.3 Å². The number of fused-ring (bicyclic) bond motifs is 1. The predicted octanol–water partition coefficient (Wildman–Crippen LogP) is 5.48. The summed E-state index contributed by atoms with van der Waals surface area (Å²) in [5.74, 6) is -1.25. The molecule has 152 valence electrons. The van der Waals surface area contributed by atoms with Gasteiger partial charge in [0.2, 0.25) is 0 Å². The van der Waals surface area contributed by atoms with Crippen LogP contribution in [0.5, 0.6) is 5.75 Å². The number of aromatic nitrogens is 1. The molecule has 0 radical (unpaired) electrons. The Hall–Kier alpha value is -2.80. The number of unbranched alkanes of at least 4 members (excludes halogenated alkanes) is 2. The number of benzene rings is 2. The highest BCUT2D eigenvalue weighted by Crippen LogP contribution is 2.22. The number of halogens is 2. The molecule has 3 rings (SSSR count). The third kappa shape index (κ3) is 4.98. The highest BCUT2D eigenvalue weighted by atomic mass is 32.1. The number of carbonyl (C=O) groups excluding carboxylic acids is 1. The van der Waals surface area contributed by atoms with Crippen LogP contribution in [-0.2, 0) is 6.54 Å². The summed E-state index contributed by atoms with van der Waals surface area (Å²) < 4.78 is 35.5. The van der Waals surface area contributed by atoms with E-state index in [0.717, 1.165) is 36.7 Å². The van der Waals surface area contributed by atoms with Crippen LogP contribution in [-0.4, -0.2) is 17.1 Å². The summed E-state index contributed by atoms with van der Waals surface area (Å²) in [6, 6.07) is 8.86. The zero-order chi connectivity index (χ0) is 20.8. The average Bonchev–Trinajstić information content (AvgIpc) is 3.03. The summed E-state index contributed by atoms with van der Waals surface area (Å²) in [5.41, 5.74) is 0.572. The van der Waals surface area contributed by atoms with E-state index < -0.39 is 17.5 Å². The standard InChI is InChI=1S/C22H22F2N2O2S/c1-3-5-6-11-28-17-9-7-8-15(12-17)21(27)25-22-26(10-4-2)20-18(24)13-16(23)14-19(20)29-22/h4,7-9,12-14H,2-3,5-6,10-11H2,1H3. The third-order valence-corrected chi connectivity index (χ3v) is 5.33. The summed E-state index contributed by atoms with van der Waals surface area (Å²) in [6.07, 6.45) is 4.71. The van der Waals surface area contributed by atoms with Gasteiger partial charge < -0.3 is 9.30 Å². The number of amides is 1. The highest BCUT2D eigenvalue weighted by molar-refractivity contribution is 7.16. The number of nitrogens with zero attached hydrogens (tertiary/aromatic N) is 2. The van der Waals surface area contributed by atoms with Crippen LogP contribution in [0.4, 0.5) is 8.78 Å². The molecule has 0 spiro atoms. The van der Waals surface area contributed by atoms with Crippen LogP contribution in [0, 0.1) is 11.6 Å². The van der Waals surface area contributed by atoms with Crippen molar-refractivity contribution < 1.29 is 18.3 Å². The van der Waals surface area contributed by atoms with Gasteiger partial charge in [0, 0.05) is 18.2 Å². The maximum atomic E-state index is 14.3. The van der Waals surface area contributed by atoms with Crippen molar-refractivity contribution in [3.8, 4) is 5.75 Å². The number of thiazole rings is 1. The Labute approximate surface area is 171 Å². The average molecular weight is 416 g/mol. The number of carbonyl (C=O) groups is 1. The molecule has 0 bridgehead atoms. The summed E-state index contributed by atoms with van der Waals surface area (Å²) in [6.45, 7) is 6.62. The van der Waals surface area contributed by atoms with Gasteiger partial charge in [0.15, 0.2) is 10.6 Å². The van der Waals surface area contributed by atoms with Crippen molar-refractivity contribution in [3.63, 3.8) is 0 Å². The van der Waals surface area contributed by atoms with Crippen LogP contribution in [0.25, 0.3) is 10.2 Å². The highest BCUT2D eigenvalue weighted by Gasteiger charge is 2.14. The lowest BCUT2D eigenvalue weighted by molar-refractivity contribution is 0.0997. The number of ether oxygens (including phenoxy) is 1. The van der Waals surface area contributed by atoms with E-state index >= 15 is 0 Å². The normalized spacial score (nSPS) is 11.8. The fraction of sp³-hybridized carbons (Fsp3) is 0.273. The van der Waals surface area contributed by atoms with Crippen LogP contribution < -0.4 is 9.54 Å². The van der Waals surface area contributed by atoms with Crippen LogP contribution in [0.1, 0.15) is 36.5 Å². The quantitative estimate of drug-likeness (QED) is 0.361. The number of rotatable bonds is 8. The maximum absolute atomic E-state index is 14.3. The minimum atomic E-state index is -0.700. The first-order valence-electron chi connectivity index (χ1n) is 9.44. The van der Waals surface area contributed by atoms with E-state index in [-0.39, 0.29) is 16.9 Å². The lowest BCUT2D eigenvalue weighted by Crippen LogP contribution is -2.16. The Balaban J connectivity index is 1.94. The smallest absolute Gasteiger partial charge is 0.279 e. The van der Waals surface area contributed by atoms with E-state index in [1.807, 2.05) is 0 Å². The minimum absolute atomic E-state index is 0.204. The Morgan fingerprint density at radius 3 is 2.86 bits per heavy atom. The second-order valence-corrected chi connectivity index (χ2v) is 7.53. The van der Waals surface area contributed by atoms with Gasteiger partial charge in [0.1, 0.15) is 11.6 Å². The van der Waals surface area contributed by atoms with Crippen LogP contribution in [0.2, 0.25) is 0 Å². The predicted molar refractivity (Wildman–Crippen MR) is 111 cm³/mol. The monoisotopic (exact) mass is 416 g/mol. The summed E-state index contributed by atoms with van der Waals surface area (Å²) in [7, 11) is 0. The molecule has 1 amide bonds. The minimum Gasteiger partial charge on any atom is -0.494 e. The van der Waals surface area contributed by atoms with Gasteiger partial charge in [-0.25, -0.2) is 8.78 Å². The fourth-order valence-corrected chi connectivity index (χ4v) is 4.00. The molecule has 0 N–H and O–H groups in total. The molecule has 0 saturated heterocycles. The Morgan fingerprint density at radius 2 is 2.10 bits per heavy atom.